The summed E-state index contributed by atoms with van der Waals surface area (Å²) in [6, 6.07) is 16.7. The van der Waals surface area contributed by atoms with Gasteiger partial charge in [-0.15, -0.1) is 0 Å². The van der Waals surface area contributed by atoms with E-state index in [2.05, 4.69) is 10.6 Å². The first-order chi connectivity index (χ1) is 12.5. The highest BCUT2D eigenvalue weighted by molar-refractivity contribution is 6.05. The molecule has 0 radical (unpaired) electrons. The van der Waals surface area contributed by atoms with E-state index >= 15 is 0 Å². The van der Waals surface area contributed by atoms with Gasteiger partial charge < -0.3 is 15.5 Å². The van der Waals surface area contributed by atoms with Gasteiger partial charge in [-0.1, -0.05) is 48.0 Å². The summed E-state index contributed by atoms with van der Waals surface area (Å²) in [5.74, 6) is -0.619. The summed E-state index contributed by atoms with van der Waals surface area (Å²) in [6.45, 7) is 3.18. The molecule has 2 aromatic carbocycles. The molecule has 2 aromatic rings. The Bertz CT molecular complexity index is 766. The largest absolute Gasteiger partial charge is 0.349 e. The highest BCUT2D eigenvalue weighted by Gasteiger charge is 2.14. The lowest BCUT2D eigenvalue weighted by Gasteiger charge is -2.13. The summed E-state index contributed by atoms with van der Waals surface area (Å²) in [4.78, 5) is 27.0. The van der Waals surface area contributed by atoms with E-state index in [0.717, 1.165) is 17.7 Å². The number of benzene rings is 2. The number of nitrogens with zero attached hydrogens (tertiary/aromatic N) is 1. The molecule has 0 heterocycles. The molecule has 136 valence electrons. The maximum atomic E-state index is 12.5. The molecule has 0 atom stereocenters. The third kappa shape index (κ3) is 6.18. The van der Waals surface area contributed by atoms with E-state index in [-0.39, 0.29) is 17.5 Å². The summed E-state index contributed by atoms with van der Waals surface area (Å²) >= 11 is 0. The van der Waals surface area contributed by atoms with E-state index in [1.165, 1.54) is 0 Å². The van der Waals surface area contributed by atoms with Crippen LogP contribution in [-0.4, -0.2) is 43.9 Å². The van der Waals surface area contributed by atoms with Gasteiger partial charge >= 0.3 is 0 Å². The molecule has 5 heteroatoms. The third-order valence-electron chi connectivity index (χ3n) is 3.76. The van der Waals surface area contributed by atoms with Crippen LogP contribution < -0.4 is 10.6 Å². The van der Waals surface area contributed by atoms with Crippen molar-refractivity contribution in [1.82, 2.24) is 15.5 Å². The predicted molar refractivity (Wildman–Crippen MR) is 105 cm³/mol. The van der Waals surface area contributed by atoms with Crippen molar-refractivity contribution in [3.8, 4) is 0 Å². The molecule has 0 aromatic heterocycles. The number of likely N-dealkylation sites (N-methyl/N-ethyl adjacent to an activating group) is 1. The van der Waals surface area contributed by atoms with Crippen LogP contribution in [0.25, 0.3) is 6.08 Å². The van der Waals surface area contributed by atoms with Gasteiger partial charge in [0.25, 0.3) is 11.8 Å². The molecule has 2 amide bonds. The van der Waals surface area contributed by atoms with Crippen LogP contribution in [0.3, 0.4) is 0 Å². The molecule has 2 N–H and O–H groups in total. The molecular weight excluding hydrogens is 326 g/mol. The zero-order chi connectivity index (χ0) is 18.9. The van der Waals surface area contributed by atoms with Crippen molar-refractivity contribution in [3.63, 3.8) is 0 Å². The number of carbonyl (C=O) groups is 2. The minimum absolute atomic E-state index is 0.223. The fourth-order valence-corrected chi connectivity index (χ4v) is 2.26. The van der Waals surface area contributed by atoms with E-state index in [0.29, 0.717) is 12.1 Å². The van der Waals surface area contributed by atoms with Crippen LogP contribution in [0.1, 0.15) is 21.5 Å². The van der Waals surface area contributed by atoms with Crippen LogP contribution in [0.5, 0.6) is 0 Å². The summed E-state index contributed by atoms with van der Waals surface area (Å²) in [7, 11) is 3.87. The molecule has 0 aliphatic carbocycles. The second-order valence-corrected chi connectivity index (χ2v) is 6.35. The van der Waals surface area contributed by atoms with E-state index < -0.39 is 0 Å². The molecular formula is C21H25N3O2. The Balaban J connectivity index is 2.17. The van der Waals surface area contributed by atoms with Crippen molar-refractivity contribution in [2.45, 2.75) is 6.92 Å². The fourth-order valence-electron chi connectivity index (χ4n) is 2.26. The first-order valence-corrected chi connectivity index (χ1v) is 8.53. The number of hydrogen-bond donors (Lipinski definition) is 2. The van der Waals surface area contributed by atoms with Gasteiger partial charge in [-0.05, 0) is 44.8 Å². The predicted octanol–water partition coefficient (Wildman–Crippen LogP) is 2.44. The number of rotatable bonds is 7. The average Bonchev–Trinajstić information content (AvgIpc) is 2.62. The Morgan fingerprint density at radius 3 is 2.27 bits per heavy atom. The first-order valence-electron chi connectivity index (χ1n) is 8.53. The topological polar surface area (TPSA) is 61.4 Å². The van der Waals surface area contributed by atoms with Crippen LogP contribution in [0.4, 0.5) is 0 Å². The van der Waals surface area contributed by atoms with Crippen LogP contribution >= 0.6 is 0 Å². The molecule has 26 heavy (non-hydrogen) atoms. The third-order valence-corrected chi connectivity index (χ3v) is 3.76. The maximum absolute atomic E-state index is 12.5. The molecule has 0 bridgehead atoms. The zero-order valence-corrected chi connectivity index (χ0v) is 15.5. The second-order valence-electron chi connectivity index (χ2n) is 6.35. The lowest BCUT2D eigenvalue weighted by atomic mass is 10.1. The Morgan fingerprint density at radius 1 is 1.00 bits per heavy atom. The Morgan fingerprint density at radius 2 is 1.65 bits per heavy atom. The molecule has 0 spiro atoms. The molecule has 0 saturated carbocycles. The van der Waals surface area contributed by atoms with Crippen molar-refractivity contribution in [1.29, 1.82) is 0 Å². The van der Waals surface area contributed by atoms with E-state index in [4.69, 9.17) is 0 Å². The Labute approximate surface area is 154 Å². The van der Waals surface area contributed by atoms with E-state index in [9.17, 15) is 9.59 Å². The smallest absolute Gasteiger partial charge is 0.267 e. The first kappa shape index (κ1) is 19.4. The van der Waals surface area contributed by atoms with Gasteiger partial charge in [-0.2, -0.15) is 0 Å². The highest BCUT2D eigenvalue weighted by atomic mass is 16.2. The van der Waals surface area contributed by atoms with Crippen LogP contribution in [0.15, 0.2) is 60.3 Å². The quantitative estimate of drug-likeness (QED) is 0.753. The number of nitrogens with one attached hydrogen (secondary N) is 2. The molecule has 0 aliphatic heterocycles. The maximum Gasteiger partial charge on any atom is 0.267 e. The van der Waals surface area contributed by atoms with E-state index in [1.54, 1.807) is 18.2 Å². The summed E-state index contributed by atoms with van der Waals surface area (Å²) in [5, 5.41) is 5.57. The lowest BCUT2D eigenvalue weighted by molar-refractivity contribution is -0.117. The fraction of sp³-hybridized carbons (Fsp3) is 0.238. The lowest BCUT2D eigenvalue weighted by Crippen LogP contribution is -2.37. The van der Waals surface area contributed by atoms with Gasteiger partial charge in [0.05, 0.1) is 0 Å². The highest BCUT2D eigenvalue weighted by Crippen LogP contribution is 2.08. The summed E-state index contributed by atoms with van der Waals surface area (Å²) < 4.78 is 0. The number of hydrogen-bond acceptors (Lipinski definition) is 3. The average molecular weight is 351 g/mol. The molecule has 0 aliphatic rings. The van der Waals surface area contributed by atoms with Gasteiger partial charge in [0.1, 0.15) is 5.70 Å². The van der Waals surface area contributed by atoms with Crippen LogP contribution in [-0.2, 0) is 4.79 Å². The molecule has 2 rings (SSSR count). The van der Waals surface area contributed by atoms with Crippen molar-refractivity contribution in [3.05, 3.63) is 77.0 Å². The van der Waals surface area contributed by atoms with Crippen LogP contribution in [0, 0.1) is 6.92 Å². The Kier molecular flexibility index (Phi) is 7.12. The van der Waals surface area contributed by atoms with Gasteiger partial charge in [0.15, 0.2) is 0 Å². The molecule has 0 unspecified atom stereocenters. The molecule has 0 saturated heterocycles. The van der Waals surface area contributed by atoms with Gasteiger partial charge in [0, 0.05) is 18.7 Å². The monoisotopic (exact) mass is 351 g/mol. The molecule has 0 fully saturated rings. The SMILES string of the molecule is Cc1ccc(C(=O)N/C(=C/c2ccccc2)C(=O)NCCN(C)C)cc1. The van der Waals surface area contributed by atoms with E-state index in [1.807, 2.05) is 68.4 Å². The molecule has 5 nitrogen and oxygen atoms in total. The normalized spacial score (nSPS) is 11.3. The number of carbonyl (C=O) groups excluding carboxylic acids is 2. The van der Waals surface area contributed by atoms with Crippen LogP contribution in [0.2, 0.25) is 0 Å². The zero-order valence-electron chi connectivity index (χ0n) is 15.5. The van der Waals surface area contributed by atoms with Crippen molar-refractivity contribution in [2.75, 3.05) is 27.2 Å². The number of amides is 2. The van der Waals surface area contributed by atoms with Crippen molar-refractivity contribution < 1.29 is 9.59 Å². The van der Waals surface area contributed by atoms with Crippen molar-refractivity contribution >= 4 is 17.9 Å². The summed E-state index contributed by atoms with van der Waals surface area (Å²) in [6.07, 6.45) is 1.68. The second kappa shape index (κ2) is 9.53. The minimum atomic E-state index is -0.310. The van der Waals surface area contributed by atoms with Gasteiger partial charge in [0.2, 0.25) is 0 Å². The number of aryl methyl sites for hydroxylation is 1. The van der Waals surface area contributed by atoms with Gasteiger partial charge in [-0.3, -0.25) is 9.59 Å². The minimum Gasteiger partial charge on any atom is -0.349 e. The standard InChI is InChI=1S/C21H25N3O2/c1-16-9-11-18(12-10-16)20(25)23-19(15-17-7-5-4-6-8-17)21(26)22-13-14-24(2)3/h4-12,15H,13-14H2,1-3H3,(H,22,26)(H,23,25)/b19-15+. The Hall–Kier alpha value is -2.92. The summed E-state index contributed by atoms with van der Waals surface area (Å²) in [5.41, 5.74) is 2.65. The van der Waals surface area contributed by atoms with Crippen molar-refractivity contribution in [2.24, 2.45) is 0 Å². The van der Waals surface area contributed by atoms with Gasteiger partial charge in [-0.25, -0.2) is 0 Å².